The van der Waals surface area contributed by atoms with Crippen molar-refractivity contribution in [3.63, 3.8) is 0 Å². The smallest absolute Gasteiger partial charge is 0.256 e. The highest BCUT2D eigenvalue weighted by Crippen LogP contribution is 2.32. The van der Waals surface area contributed by atoms with Crippen molar-refractivity contribution in [1.29, 1.82) is 0 Å². The maximum absolute atomic E-state index is 13.3. The first-order valence-electron chi connectivity index (χ1n) is 13.8. The molecule has 8 nitrogen and oxygen atoms in total. The lowest BCUT2D eigenvalue weighted by atomic mass is 9.87. The molecule has 0 aliphatic carbocycles. The van der Waals surface area contributed by atoms with Crippen LogP contribution in [0.1, 0.15) is 81.9 Å². The van der Waals surface area contributed by atoms with Crippen molar-refractivity contribution in [3.05, 3.63) is 65.4 Å². The molecule has 2 heterocycles. The molecule has 0 radical (unpaired) electrons. The van der Waals surface area contributed by atoms with Gasteiger partial charge in [0.05, 0.1) is 20.8 Å². The molecule has 0 saturated carbocycles. The third kappa shape index (κ3) is 6.62. The molecule has 4 rings (SSSR count). The Hall–Kier alpha value is -3.08. The number of unbranched alkanes of at least 4 members (excludes halogenated alkanes) is 2. The Morgan fingerprint density at radius 1 is 1.00 bits per heavy atom. The molecule has 4 aromatic rings. The van der Waals surface area contributed by atoms with Gasteiger partial charge in [0.2, 0.25) is 15.2 Å². The van der Waals surface area contributed by atoms with Crippen LogP contribution in [0.2, 0.25) is 0 Å². The maximum Gasteiger partial charge on any atom is 0.256 e. The summed E-state index contributed by atoms with van der Waals surface area (Å²) in [5, 5.41) is 8.16. The van der Waals surface area contributed by atoms with Crippen molar-refractivity contribution in [2.45, 2.75) is 77.5 Å². The lowest BCUT2D eigenvalue weighted by molar-refractivity contribution is 0.102. The maximum atomic E-state index is 13.3. The number of nitrogens with zero attached hydrogens (tertiary/aromatic N) is 4. The van der Waals surface area contributed by atoms with Gasteiger partial charge in [-0.2, -0.15) is 14.1 Å². The summed E-state index contributed by atoms with van der Waals surface area (Å²) in [5.74, 6) is 0.148. The third-order valence-corrected chi connectivity index (χ3v) is 9.68. The highest BCUT2D eigenvalue weighted by molar-refractivity contribution is 7.89. The number of nitrogens with one attached hydrogen (secondary N) is 1. The van der Waals surface area contributed by atoms with Crippen LogP contribution in [-0.4, -0.2) is 46.5 Å². The Labute approximate surface area is 241 Å². The molecule has 1 amide bonds. The van der Waals surface area contributed by atoms with Gasteiger partial charge in [0, 0.05) is 24.7 Å². The second kappa shape index (κ2) is 12.2. The number of sulfonamides is 1. The van der Waals surface area contributed by atoms with Gasteiger partial charge in [-0.1, -0.05) is 64.9 Å². The van der Waals surface area contributed by atoms with Crippen LogP contribution in [0.3, 0.4) is 0 Å². The van der Waals surface area contributed by atoms with Crippen LogP contribution in [-0.2, 0) is 15.4 Å². The van der Waals surface area contributed by atoms with Gasteiger partial charge in [0.1, 0.15) is 5.82 Å². The summed E-state index contributed by atoms with van der Waals surface area (Å²) in [5.41, 5.74) is 3.23. The van der Waals surface area contributed by atoms with Crippen LogP contribution in [0.15, 0.2) is 53.4 Å². The highest BCUT2D eigenvalue weighted by atomic mass is 32.2. The van der Waals surface area contributed by atoms with E-state index in [1.165, 1.54) is 29.0 Å². The zero-order valence-corrected chi connectivity index (χ0v) is 25.8. The Balaban J connectivity index is 1.55. The minimum Gasteiger partial charge on any atom is -0.306 e. The van der Waals surface area contributed by atoms with Gasteiger partial charge in [0.25, 0.3) is 5.91 Å². The summed E-state index contributed by atoms with van der Waals surface area (Å²) < 4.78 is 30.8. The van der Waals surface area contributed by atoms with E-state index in [0.29, 0.717) is 29.6 Å². The molecule has 10 heteroatoms. The number of anilines is 1. The van der Waals surface area contributed by atoms with E-state index in [-0.39, 0.29) is 16.2 Å². The van der Waals surface area contributed by atoms with Crippen LogP contribution in [0.5, 0.6) is 0 Å². The number of fused-ring (bicyclic) bond motifs is 1. The van der Waals surface area contributed by atoms with Gasteiger partial charge in [-0.05, 0) is 67.1 Å². The average molecular weight is 582 g/mol. The SMILES string of the molecule is CCCCN(CCCC)S(=O)(=O)c1ccc(C(=O)Nc2cc(C)nn2-c2nc3ccc(C(C)(C)C)cc3s2)cc1. The number of hydrogen-bond acceptors (Lipinski definition) is 6. The Morgan fingerprint density at radius 2 is 1.65 bits per heavy atom. The van der Waals surface area contributed by atoms with Gasteiger partial charge in [0.15, 0.2) is 0 Å². The molecule has 1 N–H and O–H groups in total. The minimum absolute atomic E-state index is 0.0257. The molecule has 0 atom stereocenters. The first kappa shape index (κ1) is 29.9. The van der Waals surface area contributed by atoms with Crippen molar-refractivity contribution < 1.29 is 13.2 Å². The second-order valence-corrected chi connectivity index (χ2v) is 14.0. The Bertz CT molecular complexity index is 1570. The van der Waals surface area contributed by atoms with E-state index in [2.05, 4.69) is 43.3 Å². The summed E-state index contributed by atoms with van der Waals surface area (Å²) in [6, 6.07) is 14.2. The number of aromatic nitrogens is 3. The quantitative estimate of drug-likeness (QED) is 0.207. The number of thiazole rings is 1. The topological polar surface area (TPSA) is 97.2 Å². The lowest BCUT2D eigenvalue weighted by Gasteiger charge is -2.22. The molecule has 0 fully saturated rings. The van der Waals surface area contributed by atoms with E-state index in [9.17, 15) is 13.2 Å². The van der Waals surface area contributed by atoms with E-state index in [1.807, 2.05) is 26.8 Å². The number of aryl methyl sites for hydroxylation is 1. The van der Waals surface area contributed by atoms with Crippen LogP contribution in [0.4, 0.5) is 5.82 Å². The molecular formula is C30H39N5O3S2. The number of benzene rings is 2. The molecule has 0 aliphatic rings. The van der Waals surface area contributed by atoms with Crippen LogP contribution < -0.4 is 5.32 Å². The van der Waals surface area contributed by atoms with Gasteiger partial charge in [-0.3, -0.25) is 4.79 Å². The molecule has 0 aliphatic heterocycles. The molecule has 2 aromatic carbocycles. The van der Waals surface area contributed by atoms with E-state index in [0.717, 1.165) is 41.6 Å². The summed E-state index contributed by atoms with van der Waals surface area (Å²) in [6.45, 7) is 13.5. The molecule has 0 unspecified atom stereocenters. The van der Waals surface area contributed by atoms with Crippen molar-refractivity contribution in [1.82, 2.24) is 19.1 Å². The fourth-order valence-corrected chi connectivity index (χ4v) is 6.83. The zero-order chi connectivity index (χ0) is 29.1. The lowest BCUT2D eigenvalue weighted by Crippen LogP contribution is -2.33. The normalized spacial score (nSPS) is 12.4. The van der Waals surface area contributed by atoms with Crippen LogP contribution >= 0.6 is 11.3 Å². The first-order chi connectivity index (χ1) is 18.9. The predicted octanol–water partition coefficient (Wildman–Crippen LogP) is 6.93. The van der Waals surface area contributed by atoms with Crippen molar-refractivity contribution in [2.75, 3.05) is 18.4 Å². The molecule has 0 spiro atoms. The molecular weight excluding hydrogens is 542 g/mol. The van der Waals surface area contributed by atoms with Crippen molar-refractivity contribution in [2.24, 2.45) is 0 Å². The Morgan fingerprint density at radius 3 is 2.25 bits per heavy atom. The molecule has 0 bridgehead atoms. The second-order valence-electron chi connectivity index (χ2n) is 11.1. The van der Waals surface area contributed by atoms with E-state index in [4.69, 9.17) is 4.98 Å². The fourth-order valence-electron chi connectivity index (χ4n) is 4.34. The van der Waals surface area contributed by atoms with Crippen molar-refractivity contribution in [3.8, 4) is 5.13 Å². The standard InChI is InChI=1S/C30H39N5O3S2/c1-7-9-17-34(18-10-8-2)40(37,38)24-14-11-22(12-15-24)28(36)32-27-19-21(3)33-35(27)29-31-25-16-13-23(30(4,5)6)20-26(25)39-29/h11-16,19-20H,7-10,17-18H2,1-6H3,(H,32,36). The minimum atomic E-state index is -3.63. The van der Waals surface area contributed by atoms with E-state index >= 15 is 0 Å². The molecule has 214 valence electrons. The molecule has 0 saturated heterocycles. The monoisotopic (exact) mass is 581 g/mol. The fraction of sp³-hybridized carbons (Fsp3) is 0.433. The highest BCUT2D eigenvalue weighted by Gasteiger charge is 2.24. The molecule has 40 heavy (non-hydrogen) atoms. The third-order valence-electron chi connectivity index (χ3n) is 6.77. The summed E-state index contributed by atoms with van der Waals surface area (Å²) in [6.07, 6.45) is 3.45. The van der Waals surface area contributed by atoms with Crippen molar-refractivity contribution >= 4 is 43.3 Å². The Kier molecular flexibility index (Phi) is 9.12. The largest absolute Gasteiger partial charge is 0.306 e. The number of hydrogen-bond donors (Lipinski definition) is 1. The number of rotatable bonds is 11. The van der Waals surface area contributed by atoms with Gasteiger partial charge >= 0.3 is 0 Å². The number of carbonyl (C=O) groups excluding carboxylic acids is 1. The average Bonchev–Trinajstić information content (AvgIpc) is 3.50. The predicted molar refractivity (Wildman–Crippen MR) is 163 cm³/mol. The zero-order valence-electron chi connectivity index (χ0n) is 24.2. The summed E-state index contributed by atoms with van der Waals surface area (Å²) in [7, 11) is -3.63. The van der Waals surface area contributed by atoms with E-state index < -0.39 is 10.0 Å². The van der Waals surface area contributed by atoms with E-state index in [1.54, 1.807) is 27.2 Å². The van der Waals surface area contributed by atoms with Gasteiger partial charge in [-0.25, -0.2) is 13.4 Å². The summed E-state index contributed by atoms with van der Waals surface area (Å²) >= 11 is 1.52. The number of amides is 1. The summed E-state index contributed by atoms with van der Waals surface area (Å²) in [4.78, 5) is 18.1. The number of carbonyl (C=O) groups is 1. The van der Waals surface area contributed by atoms with Crippen LogP contribution in [0.25, 0.3) is 15.3 Å². The van der Waals surface area contributed by atoms with Crippen LogP contribution in [0, 0.1) is 6.92 Å². The molecule has 2 aromatic heterocycles. The van der Waals surface area contributed by atoms with Gasteiger partial charge < -0.3 is 5.32 Å². The van der Waals surface area contributed by atoms with Gasteiger partial charge in [-0.15, -0.1) is 0 Å². The first-order valence-corrected chi connectivity index (χ1v) is 16.1.